The summed E-state index contributed by atoms with van der Waals surface area (Å²) in [6.45, 7) is 3.71. The second-order valence-corrected chi connectivity index (χ2v) is 4.91. The Hall–Kier alpha value is -1.34. The van der Waals surface area contributed by atoms with Crippen LogP contribution in [-0.4, -0.2) is 9.46 Å². The summed E-state index contributed by atoms with van der Waals surface area (Å²) in [6, 6.07) is 7.43. The van der Waals surface area contributed by atoms with Gasteiger partial charge in [-0.2, -0.15) is 5.26 Å². The number of hydrogen-bond donors (Lipinski definition) is 1. The summed E-state index contributed by atoms with van der Waals surface area (Å²) in [5, 5.41) is 8.36. The fourth-order valence-corrected chi connectivity index (χ4v) is 2.57. The lowest BCUT2D eigenvalue weighted by molar-refractivity contribution is 0.676. The number of hydrogen-bond acceptors (Lipinski definition) is 3. The molecular weight excluding hydrogens is 208 g/mol. The molecule has 0 spiro atoms. The summed E-state index contributed by atoms with van der Waals surface area (Å²) in [5.41, 5.74) is 7.26. The van der Waals surface area contributed by atoms with E-state index in [4.69, 9.17) is 11.0 Å². The van der Waals surface area contributed by atoms with Gasteiger partial charge >= 0.3 is 0 Å². The molecule has 3 nitrogen and oxygen atoms in total. The van der Waals surface area contributed by atoms with Gasteiger partial charge in [0.2, 0.25) is 0 Å². The third-order valence-corrected chi connectivity index (χ3v) is 4.02. The molecule has 0 aliphatic rings. The molecule has 2 unspecified atom stereocenters. The molecule has 0 aliphatic heterocycles. The van der Waals surface area contributed by atoms with Crippen molar-refractivity contribution in [3.63, 3.8) is 0 Å². The molecule has 0 aliphatic carbocycles. The molecule has 15 heavy (non-hydrogen) atoms. The van der Waals surface area contributed by atoms with E-state index in [1.54, 1.807) is 6.07 Å². The average Bonchev–Trinajstić information content (AvgIpc) is 2.23. The van der Waals surface area contributed by atoms with Crippen molar-refractivity contribution in [2.24, 2.45) is 0 Å². The average molecular weight is 222 g/mol. The Balaban J connectivity index is 3.13. The molecule has 0 amide bonds. The second-order valence-electron chi connectivity index (χ2n) is 3.31. The van der Waals surface area contributed by atoms with E-state index < -0.39 is 16.0 Å². The third-order valence-electron chi connectivity index (χ3n) is 2.27. The van der Waals surface area contributed by atoms with Gasteiger partial charge in [-0.3, -0.25) is 4.21 Å². The first-order valence-corrected chi connectivity index (χ1v) is 5.98. The summed E-state index contributed by atoms with van der Waals surface area (Å²) in [7, 11) is -1.33. The third kappa shape index (κ3) is 2.37. The maximum absolute atomic E-state index is 12.0. The molecule has 0 saturated heterocycles. The number of anilines is 1. The molecular formula is C11H14N2OS. The molecule has 1 aromatic rings. The number of rotatable bonds is 3. The number of para-hydroxylation sites is 1. The highest BCUT2D eigenvalue weighted by Crippen LogP contribution is 2.23. The van der Waals surface area contributed by atoms with E-state index in [1.165, 1.54) is 0 Å². The molecule has 0 fully saturated rings. The predicted molar refractivity (Wildman–Crippen MR) is 61.7 cm³/mol. The monoisotopic (exact) mass is 222 g/mol. The smallest absolute Gasteiger partial charge is 0.126 e. The van der Waals surface area contributed by atoms with Crippen LogP contribution in [0.15, 0.2) is 23.1 Å². The van der Waals surface area contributed by atoms with Gasteiger partial charge in [0.25, 0.3) is 0 Å². The summed E-state index contributed by atoms with van der Waals surface area (Å²) in [4.78, 5) is 0.573. The van der Waals surface area contributed by atoms with E-state index in [0.717, 1.165) is 5.56 Å². The van der Waals surface area contributed by atoms with Gasteiger partial charge in [-0.25, -0.2) is 0 Å². The lowest BCUT2D eigenvalue weighted by Gasteiger charge is -2.10. The van der Waals surface area contributed by atoms with Crippen molar-refractivity contribution >= 4 is 16.5 Å². The second kappa shape index (κ2) is 4.94. The number of nitrogen functional groups attached to an aromatic ring is 1. The van der Waals surface area contributed by atoms with Crippen LogP contribution in [0.25, 0.3) is 0 Å². The van der Waals surface area contributed by atoms with E-state index in [9.17, 15) is 4.21 Å². The Morgan fingerprint density at radius 2 is 2.27 bits per heavy atom. The molecule has 0 heterocycles. The maximum Gasteiger partial charge on any atom is 0.126 e. The van der Waals surface area contributed by atoms with E-state index in [1.807, 2.05) is 32.0 Å². The first kappa shape index (κ1) is 11.7. The van der Waals surface area contributed by atoms with E-state index in [2.05, 4.69) is 0 Å². The quantitative estimate of drug-likeness (QED) is 0.795. The lowest BCUT2D eigenvalue weighted by atomic mass is 10.2. The van der Waals surface area contributed by atoms with E-state index in [-0.39, 0.29) is 0 Å². The zero-order valence-electron chi connectivity index (χ0n) is 8.86. The van der Waals surface area contributed by atoms with Crippen LogP contribution in [0.3, 0.4) is 0 Å². The highest BCUT2D eigenvalue weighted by Gasteiger charge is 2.18. The number of nitrogens with two attached hydrogens (primary N) is 1. The van der Waals surface area contributed by atoms with Gasteiger partial charge in [0, 0.05) is 0 Å². The van der Waals surface area contributed by atoms with Crippen LogP contribution >= 0.6 is 0 Å². The van der Waals surface area contributed by atoms with Gasteiger partial charge in [-0.15, -0.1) is 0 Å². The van der Waals surface area contributed by atoms with E-state index >= 15 is 0 Å². The summed E-state index contributed by atoms with van der Waals surface area (Å²) in [6.07, 6.45) is 0.566. The molecule has 2 N–H and O–H groups in total. The Bertz CT molecular complexity index is 423. The molecule has 80 valence electrons. The zero-order valence-corrected chi connectivity index (χ0v) is 9.67. The minimum Gasteiger partial charge on any atom is -0.398 e. The van der Waals surface area contributed by atoms with Crippen LogP contribution in [0, 0.1) is 18.3 Å². The van der Waals surface area contributed by atoms with Crippen molar-refractivity contribution in [2.75, 3.05) is 5.73 Å². The fraction of sp³-hybridized carbons (Fsp3) is 0.364. The summed E-state index contributed by atoms with van der Waals surface area (Å²) in [5.74, 6) is 0. The topological polar surface area (TPSA) is 66.9 Å². The SMILES string of the molecule is CCC(C#N)S(=O)c1cccc(C)c1N. The standard InChI is InChI=1S/C11H14N2OS/c1-3-9(7-12)15(14)10-6-4-5-8(2)11(10)13/h4-6,9H,3,13H2,1-2H3. The minimum absolute atomic E-state index is 0.478. The Morgan fingerprint density at radius 1 is 1.60 bits per heavy atom. The summed E-state index contributed by atoms with van der Waals surface area (Å²) < 4.78 is 12.0. The van der Waals surface area contributed by atoms with Gasteiger partial charge in [0.15, 0.2) is 0 Å². The van der Waals surface area contributed by atoms with Crippen LogP contribution in [0.4, 0.5) is 5.69 Å². The molecule has 0 bridgehead atoms. The van der Waals surface area contributed by atoms with Crippen LogP contribution in [0.1, 0.15) is 18.9 Å². The molecule has 1 rings (SSSR count). The number of nitriles is 1. The normalized spacial score (nSPS) is 14.2. The van der Waals surface area contributed by atoms with E-state index in [0.29, 0.717) is 17.0 Å². The van der Waals surface area contributed by atoms with Crippen LogP contribution in [0.5, 0.6) is 0 Å². The van der Waals surface area contributed by atoms with Gasteiger partial charge < -0.3 is 5.73 Å². The predicted octanol–water partition coefficient (Wildman–Crippen LogP) is 1.99. The molecule has 0 saturated carbocycles. The Labute approximate surface area is 92.4 Å². The highest BCUT2D eigenvalue weighted by molar-refractivity contribution is 7.86. The van der Waals surface area contributed by atoms with Crippen LogP contribution in [-0.2, 0) is 10.8 Å². The number of nitrogens with zero attached hydrogens (tertiary/aromatic N) is 1. The molecule has 4 heteroatoms. The van der Waals surface area contributed by atoms with Gasteiger partial charge in [0.1, 0.15) is 5.25 Å². The largest absolute Gasteiger partial charge is 0.398 e. The number of benzene rings is 1. The molecule has 0 aromatic heterocycles. The minimum atomic E-state index is -1.33. The van der Waals surface area contributed by atoms with Crippen molar-refractivity contribution in [1.29, 1.82) is 5.26 Å². The summed E-state index contributed by atoms with van der Waals surface area (Å²) >= 11 is 0. The van der Waals surface area contributed by atoms with Crippen molar-refractivity contribution in [2.45, 2.75) is 30.4 Å². The van der Waals surface area contributed by atoms with Gasteiger partial charge in [-0.05, 0) is 25.0 Å². The Kier molecular flexibility index (Phi) is 3.87. The molecule has 1 aromatic carbocycles. The van der Waals surface area contributed by atoms with Crippen molar-refractivity contribution in [3.05, 3.63) is 23.8 Å². The Morgan fingerprint density at radius 3 is 2.80 bits per heavy atom. The fourth-order valence-electron chi connectivity index (χ4n) is 1.27. The maximum atomic E-state index is 12.0. The molecule has 2 atom stereocenters. The van der Waals surface area contributed by atoms with Gasteiger partial charge in [-0.1, -0.05) is 19.1 Å². The number of aryl methyl sites for hydroxylation is 1. The first-order valence-electron chi connectivity index (χ1n) is 4.77. The van der Waals surface area contributed by atoms with Crippen LogP contribution < -0.4 is 5.73 Å². The lowest BCUT2D eigenvalue weighted by Crippen LogP contribution is -2.13. The van der Waals surface area contributed by atoms with Crippen molar-refractivity contribution in [3.8, 4) is 6.07 Å². The van der Waals surface area contributed by atoms with Gasteiger partial charge in [0.05, 0.1) is 27.5 Å². The van der Waals surface area contributed by atoms with Crippen molar-refractivity contribution < 1.29 is 4.21 Å². The van der Waals surface area contributed by atoms with Crippen molar-refractivity contribution in [1.82, 2.24) is 0 Å². The highest BCUT2D eigenvalue weighted by atomic mass is 32.2. The van der Waals surface area contributed by atoms with Crippen LogP contribution in [0.2, 0.25) is 0 Å². The molecule has 0 radical (unpaired) electrons. The first-order chi connectivity index (χ1) is 7.11. The zero-order chi connectivity index (χ0) is 11.4.